The highest BCUT2D eigenvalue weighted by atomic mass is 16.6. The van der Waals surface area contributed by atoms with Gasteiger partial charge in [-0.3, -0.25) is 0 Å². The van der Waals surface area contributed by atoms with Gasteiger partial charge in [0.1, 0.15) is 17.1 Å². The van der Waals surface area contributed by atoms with Crippen molar-refractivity contribution in [1.29, 1.82) is 0 Å². The van der Waals surface area contributed by atoms with E-state index in [0.29, 0.717) is 11.3 Å². The van der Waals surface area contributed by atoms with Crippen molar-refractivity contribution in [2.75, 3.05) is 0 Å². The summed E-state index contributed by atoms with van der Waals surface area (Å²) in [6.45, 7) is 13.7. The molecule has 1 aromatic rings. The summed E-state index contributed by atoms with van der Waals surface area (Å²) in [6.07, 6.45) is 1.16. The Morgan fingerprint density at radius 3 is 2.00 bits per heavy atom. The van der Waals surface area contributed by atoms with Gasteiger partial charge in [-0.05, 0) is 52.0 Å². The third-order valence-corrected chi connectivity index (χ3v) is 1.97. The summed E-state index contributed by atoms with van der Waals surface area (Å²) in [5.41, 5.74) is -0.0567. The topological polar surface area (TPSA) is 72.8 Å². The number of phenols is 1. The predicted molar refractivity (Wildman–Crippen MR) is 84.6 cm³/mol. The third kappa shape index (κ3) is 9.36. The number of rotatable bonds is 3. The molecular formula is C17H22O5. The SMILES string of the molecule is C=C(C)C(=O)Oc1ccc(O)cc1.C=CC(=O)OC(C)(C)C. The van der Waals surface area contributed by atoms with Gasteiger partial charge in [-0.2, -0.15) is 0 Å². The van der Waals surface area contributed by atoms with Crippen LogP contribution in [0, 0.1) is 0 Å². The first-order chi connectivity index (χ1) is 10.0. The van der Waals surface area contributed by atoms with Crippen LogP contribution in [0.15, 0.2) is 49.1 Å². The Balaban J connectivity index is 0.000000433. The van der Waals surface area contributed by atoms with Crippen LogP contribution < -0.4 is 4.74 Å². The number of ether oxygens (including phenoxy) is 2. The van der Waals surface area contributed by atoms with Crippen LogP contribution in [0.25, 0.3) is 0 Å². The minimum absolute atomic E-state index is 0.134. The first-order valence-electron chi connectivity index (χ1n) is 6.57. The van der Waals surface area contributed by atoms with Crippen molar-refractivity contribution >= 4 is 11.9 Å². The maximum atomic E-state index is 11.0. The quantitative estimate of drug-likeness (QED) is 0.526. The summed E-state index contributed by atoms with van der Waals surface area (Å²) in [7, 11) is 0. The van der Waals surface area contributed by atoms with Gasteiger partial charge < -0.3 is 14.6 Å². The molecule has 5 heteroatoms. The van der Waals surface area contributed by atoms with E-state index >= 15 is 0 Å². The van der Waals surface area contributed by atoms with E-state index in [2.05, 4.69) is 13.2 Å². The van der Waals surface area contributed by atoms with Crippen LogP contribution >= 0.6 is 0 Å². The fourth-order valence-electron chi connectivity index (χ4n) is 1.05. The van der Waals surface area contributed by atoms with Gasteiger partial charge in [-0.25, -0.2) is 9.59 Å². The Labute approximate surface area is 130 Å². The van der Waals surface area contributed by atoms with Gasteiger partial charge in [-0.1, -0.05) is 13.2 Å². The Morgan fingerprint density at radius 2 is 1.68 bits per heavy atom. The molecule has 0 saturated heterocycles. The van der Waals surface area contributed by atoms with Crippen LogP contribution in [0.3, 0.4) is 0 Å². The third-order valence-electron chi connectivity index (χ3n) is 1.97. The number of phenolic OH excluding ortho intramolecular Hbond substituents is 1. The second-order valence-corrected chi connectivity index (χ2v) is 5.40. The molecule has 1 N–H and O–H groups in total. The summed E-state index contributed by atoms with van der Waals surface area (Å²) in [5, 5.41) is 8.94. The highest BCUT2D eigenvalue weighted by molar-refractivity contribution is 5.88. The molecule has 0 atom stereocenters. The average molecular weight is 306 g/mol. The monoisotopic (exact) mass is 306 g/mol. The lowest BCUT2D eigenvalue weighted by Gasteiger charge is -2.17. The maximum Gasteiger partial charge on any atom is 0.338 e. The molecule has 0 heterocycles. The van der Waals surface area contributed by atoms with Crippen molar-refractivity contribution in [3.8, 4) is 11.5 Å². The van der Waals surface area contributed by atoms with Crippen molar-refractivity contribution in [2.45, 2.75) is 33.3 Å². The van der Waals surface area contributed by atoms with E-state index in [1.165, 1.54) is 24.3 Å². The van der Waals surface area contributed by atoms with Crippen LogP contribution in [0.5, 0.6) is 11.5 Å². The lowest BCUT2D eigenvalue weighted by atomic mass is 10.2. The van der Waals surface area contributed by atoms with E-state index in [1.807, 2.05) is 20.8 Å². The van der Waals surface area contributed by atoms with Gasteiger partial charge in [0.15, 0.2) is 0 Å². The lowest BCUT2D eigenvalue weighted by molar-refractivity contribution is -0.148. The van der Waals surface area contributed by atoms with Gasteiger partial charge in [0.2, 0.25) is 0 Å². The number of hydrogen-bond acceptors (Lipinski definition) is 5. The molecule has 0 fully saturated rings. The second-order valence-electron chi connectivity index (χ2n) is 5.40. The zero-order valence-electron chi connectivity index (χ0n) is 13.4. The van der Waals surface area contributed by atoms with E-state index in [4.69, 9.17) is 14.6 Å². The maximum absolute atomic E-state index is 11.0. The zero-order chi connectivity index (χ0) is 17.3. The fraction of sp³-hybridized carbons (Fsp3) is 0.294. The van der Waals surface area contributed by atoms with Crippen LogP contribution in [-0.4, -0.2) is 22.6 Å². The van der Waals surface area contributed by atoms with Crippen molar-refractivity contribution in [3.63, 3.8) is 0 Å². The molecule has 0 spiro atoms. The van der Waals surface area contributed by atoms with Crippen LogP contribution in [0.4, 0.5) is 0 Å². The number of carbonyl (C=O) groups is 2. The molecule has 0 aromatic heterocycles. The smallest absolute Gasteiger partial charge is 0.338 e. The number of hydrogen-bond donors (Lipinski definition) is 1. The molecule has 120 valence electrons. The Morgan fingerprint density at radius 1 is 1.18 bits per heavy atom. The number of carbonyl (C=O) groups excluding carboxylic acids is 2. The van der Waals surface area contributed by atoms with E-state index < -0.39 is 11.6 Å². The number of benzene rings is 1. The van der Waals surface area contributed by atoms with Crippen molar-refractivity contribution in [2.24, 2.45) is 0 Å². The zero-order valence-corrected chi connectivity index (χ0v) is 13.4. The highest BCUT2D eigenvalue weighted by Gasteiger charge is 2.12. The molecule has 1 aromatic carbocycles. The Bertz CT molecular complexity index is 535. The van der Waals surface area contributed by atoms with Gasteiger partial charge in [0, 0.05) is 11.6 Å². The lowest BCUT2D eigenvalue weighted by Crippen LogP contribution is -2.22. The highest BCUT2D eigenvalue weighted by Crippen LogP contribution is 2.16. The van der Waals surface area contributed by atoms with Gasteiger partial charge in [0.25, 0.3) is 0 Å². The minimum Gasteiger partial charge on any atom is -0.508 e. The first-order valence-corrected chi connectivity index (χ1v) is 6.57. The van der Waals surface area contributed by atoms with E-state index in [-0.39, 0.29) is 11.7 Å². The Hall–Kier alpha value is -2.56. The molecule has 0 radical (unpaired) electrons. The summed E-state index contributed by atoms with van der Waals surface area (Å²) >= 11 is 0. The van der Waals surface area contributed by atoms with Crippen molar-refractivity contribution < 1.29 is 24.2 Å². The number of esters is 2. The molecule has 22 heavy (non-hydrogen) atoms. The molecule has 5 nitrogen and oxygen atoms in total. The standard InChI is InChI=1S/C10H10O3.C7H12O2/c1-7(2)10(12)13-9-5-3-8(11)4-6-9;1-5-6(8)9-7(2,3)4/h3-6,11H,1H2,2H3;5H,1H2,2-4H3. The van der Waals surface area contributed by atoms with E-state index in [0.717, 1.165) is 6.08 Å². The molecule has 0 amide bonds. The molecule has 0 saturated carbocycles. The average Bonchev–Trinajstić information content (AvgIpc) is 2.40. The van der Waals surface area contributed by atoms with Crippen LogP contribution in [0.2, 0.25) is 0 Å². The van der Waals surface area contributed by atoms with E-state index in [1.54, 1.807) is 6.92 Å². The molecule has 0 aliphatic heterocycles. The second kappa shape index (κ2) is 8.67. The van der Waals surface area contributed by atoms with Crippen molar-refractivity contribution in [1.82, 2.24) is 0 Å². The van der Waals surface area contributed by atoms with Gasteiger partial charge in [-0.15, -0.1) is 0 Å². The summed E-state index contributed by atoms with van der Waals surface area (Å²) in [5.74, 6) is -0.311. The van der Waals surface area contributed by atoms with Gasteiger partial charge >= 0.3 is 11.9 Å². The molecule has 0 unspecified atom stereocenters. The van der Waals surface area contributed by atoms with Crippen molar-refractivity contribution in [3.05, 3.63) is 49.1 Å². The van der Waals surface area contributed by atoms with Gasteiger partial charge in [0.05, 0.1) is 0 Å². The first kappa shape index (κ1) is 19.4. The molecule has 0 bridgehead atoms. The minimum atomic E-state index is -0.467. The summed E-state index contributed by atoms with van der Waals surface area (Å²) in [6, 6.07) is 5.91. The Kier molecular flexibility index (Phi) is 7.66. The molecule has 0 aliphatic rings. The van der Waals surface area contributed by atoms with E-state index in [9.17, 15) is 9.59 Å². The normalized spacial score (nSPS) is 9.82. The summed E-state index contributed by atoms with van der Waals surface area (Å²) in [4.78, 5) is 21.5. The largest absolute Gasteiger partial charge is 0.508 e. The number of aromatic hydroxyl groups is 1. The van der Waals surface area contributed by atoms with Crippen LogP contribution in [0.1, 0.15) is 27.7 Å². The molecule has 1 rings (SSSR count). The molecular weight excluding hydrogens is 284 g/mol. The molecule has 0 aliphatic carbocycles. The summed E-state index contributed by atoms with van der Waals surface area (Å²) < 4.78 is 9.71. The predicted octanol–water partition coefficient (Wildman–Crippen LogP) is 3.39. The fourth-order valence-corrected chi connectivity index (χ4v) is 1.05. The van der Waals surface area contributed by atoms with Crippen LogP contribution in [-0.2, 0) is 14.3 Å².